The van der Waals surface area contributed by atoms with E-state index in [4.69, 9.17) is 4.98 Å². The Kier molecular flexibility index (Phi) is 5.48. The van der Waals surface area contributed by atoms with Crippen LogP contribution in [0.5, 0.6) is 0 Å². The molecule has 0 bridgehead atoms. The van der Waals surface area contributed by atoms with E-state index in [9.17, 15) is 0 Å². The predicted octanol–water partition coefficient (Wildman–Crippen LogP) is 5.81. The second-order valence-corrected chi connectivity index (χ2v) is 10.3. The van der Waals surface area contributed by atoms with E-state index in [1.165, 1.54) is 19.3 Å². The summed E-state index contributed by atoms with van der Waals surface area (Å²) in [4.78, 5) is 24.9. The number of piperidine rings is 1. The van der Waals surface area contributed by atoms with Gasteiger partial charge in [-0.3, -0.25) is 20.0 Å². The summed E-state index contributed by atoms with van der Waals surface area (Å²) in [5.41, 5.74) is 5.21. The second kappa shape index (κ2) is 9.13. The topological polar surface area (TPSA) is 99.3 Å². The van der Waals surface area contributed by atoms with E-state index in [-0.39, 0.29) is 0 Å². The first kappa shape index (κ1) is 22.2. The fourth-order valence-corrected chi connectivity index (χ4v) is 5.79. The van der Waals surface area contributed by atoms with Gasteiger partial charge in [-0.25, -0.2) is 14.4 Å². The maximum atomic E-state index is 16.1. The molecule has 0 radical (unpaired) electrons. The highest BCUT2D eigenvalue weighted by molar-refractivity contribution is 7.13. The van der Waals surface area contributed by atoms with Crippen LogP contribution < -0.4 is 0 Å². The van der Waals surface area contributed by atoms with Crippen molar-refractivity contribution < 1.29 is 4.39 Å². The summed E-state index contributed by atoms with van der Waals surface area (Å²) in [6.07, 6.45) is 10.6. The van der Waals surface area contributed by atoms with E-state index < -0.39 is 5.82 Å². The molecule has 10 heteroatoms. The normalized spacial score (nSPS) is 14.6. The van der Waals surface area contributed by atoms with Gasteiger partial charge in [0.1, 0.15) is 22.7 Å². The summed E-state index contributed by atoms with van der Waals surface area (Å²) in [6.45, 7) is 2.99. The maximum absolute atomic E-state index is 16.1. The van der Waals surface area contributed by atoms with Crippen LogP contribution in [0.2, 0.25) is 0 Å². The number of nitrogens with one attached hydrogen (secondary N) is 2. The fraction of sp³-hybridized carbons (Fsp3) is 0.222. The SMILES string of the molecule is Fc1c(-c2cncc(CN3CCCCC3)c2)cnc2[nH]nc(-c3nc4c(-c5cccs5)nccc4[nH]3)c12. The summed E-state index contributed by atoms with van der Waals surface area (Å²) in [5, 5.41) is 9.54. The molecule has 1 aliphatic heterocycles. The molecule has 0 aliphatic carbocycles. The Morgan fingerprint density at radius 2 is 1.95 bits per heavy atom. The zero-order valence-corrected chi connectivity index (χ0v) is 20.7. The lowest BCUT2D eigenvalue weighted by molar-refractivity contribution is 0.220. The van der Waals surface area contributed by atoms with Gasteiger partial charge in [0.25, 0.3) is 0 Å². The standard InChI is InChI=1S/C27H23FN8S/c28-22-18(17-11-16(12-29-13-17)15-36-8-2-1-3-9-36)14-31-26-21(22)25(34-35-26)27-32-19-6-7-30-24(23(19)33-27)20-5-4-10-37-20/h4-7,10-14H,1-3,8-9,15H2,(H,32,33)(H,31,34,35). The molecular formula is C27H23FN8S. The highest BCUT2D eigenvalue weighted by Crippen LogP contribution is 2.35. The molecule has 0 saturated carbocycles. The Labute approximate surface area is 215 Å². The van der Waals surface area contributed by atoms with Gasteiger partial charge in [-0.15, -0.1) is 11.3 Å². The lowest BCUT2D eigenvalue weighted by atomic mass is 10.0. The van der Waals surface area contributed by atoms with Crippen LogP contribution in [0.1, 0.15) is 24.8 Å². The van der Waals surface area contributed by atoms with E-state index in [0.717, 1.165) is 46.8 Å². The summed E-state index contributed by atoms with van der Waals surface area (Å²) >= 11 is 1.60. The van der Waals surface area contributed by atoms with Crippen molar-refractivity contribution in [2.75, 3.05) is 13.1 Å². The Balaban J connectivity index is 1.30. The van der Waals surface area contributed by atoms with E-state index in [0.29, 0.717) is 33.7 Å². The third-order valence-corrected chi connectivity index (χ3v) is 7.74. The van der Waals surface area contributed by atoms with Gasteiger partial charge in [-0.2, -0.15) is 5.10 Å². The van der Waals surface area contributed by atoms with Crippen molar-refractivity contribution in [1.82, 2.24) is 40.0 Å². The van der Waals surface area contributed by atoms with Crippen LogP contribution in [0.3, 0.4) is 0 Å². The molecule has 0 aromatic carbocycles. The van der Waals surface area contributed by atoms with Crippen molar-refractivity contribution in [3.63, 3.8) is 0 Å². The first-order valence-electron chi connectivity index (χ1n) is 12.3. The number of nitrogens with zero attached hydrogens (tertiary/aromatic N) is 6. The van der Waals surface area contributed by atoms with Crippen molar-refractivity contribution >= 4 is 33.4 Å². The molecule has 37 heavy (non-hydrogen) atoms. The van der Waals surface area contributed by atoms with Crippen molar-refractivity contribution in [3.8, 4) is 33.2 Å². The zero-order chi connectivity index (χ0) is 24.8. The number of rotatable bonds is 5. The molecule has 2 N–H and O–H groups in total. The number of aromatic amines is 2. The van der Waals surface area contributed by atoms with Gasteiger partial charge >= 0.3 is 0 Å². The minimum atomic E-state index is -0.400. The van der Waals surface area contributed by atoms with Gasteiger partial charge in [0.05, 0.1) is 15.8 Å². The van der Waals surface area contributed by atoms with Gasteiger partial charge in [-0.1, -0.05) is 12.5 Å². The zero-order valence-electron chi connectivity index (χ0n) is 19.9. The number of halogens is 1. The summed E-state index contributed by atoms with van der Waals surface area (Å²) in [6, 6.07) is 7.85. The minimum absolute atomic E-state index is 0.295. The molecule has 1 fully saturated rings. The Hall–Kier alpha value is -4.02. The van der Waals surface area contributed by atoms with E-state index in [1.54, 1.807) is 29.9 Å². The highest BCUT2D eigenvalue weighted by Gasteiger charge is 2.22. The smallest absolute Gasteiger partial charge is 0.159 e. The molecule has 0 unspecified atom stereocenters. The first-order valence-corrected chi connectivity index (χ1v) is 13.2. The van der Waals surface area contributed by atoms with Crippen LogP contribution in [0.15, 0.2) is 54.4 Å². The van der Waals surface area contributed by atoms with Crippen LogP contribution in [0, 0.1) is 5.82 Å². The van der Waals surface area contributed by atoms with E-state index >= 15 is 4.39 Å². The maximum Gasteiger partial charge on any atom is 0.159 e. The van der Waals surface area contributed by atoms with Crippen molar-refractivity contribution in [2.24, 2.45) is 0 Å². The Morgan fingerprint density at radius 1 is 1.03 bits per heavy atom. The summed E-state index contributed by atoms with van der Waals surface area (Å²) in [7, 11) is 0. The largest absolute Gasteiger partial charge is 0.336 e. The second-order valence-electron chi connectivity index (χ2n) is 9.32. The van der Waals surface area contributed by atoms with Gasteiger partial charge in [0, 0.05) is 42.5 Å². The number of likely N-dealkylation sites (tertiary alicyclic amines) is 1. The lowest BCUT2D eigenvalue weighted by Crippen LogP contribution is -2.29. The average molecular weight is 511 g/mol. The fourth-order valence-electron chi connectivity index (χ4n) is 5.07. The van der Waals surface area contributed by atoms with Crippen LogP contribution in [-0.4, -0.2) is 53.1 Å². The molecule has 6 aromatic heterocycles. The molecule has 0 atom stereocenters. The average Bonchev–Trinajstić information content (AvgIpc) is 3.69. The van der Waals surface area contributed by atoms with E-state index in [2.05, 4.69) is 35.0 Å². The van der Waals surface area contributed by atoms with Crippen LogP contribution >= 0.6 is 11.3 Å². The number of hydrogen-bond acceptors (Lipinski definition) is 7. The molecule has 7 rings (SSSR count). The number of fused-ring (bicyclic) bond motifs is 2. The van der Waals surface area contributed by atoms with Crippen LogP contribution in [-0.2, 0) is 6.54 Å². The van der Waals surface area contributed by atoms with Gasteiger partial charge < -0.3 is 4.98 Å². The van der Waals surface area contributed by atoms with Crippen molar-refractivity contribution in [3.05, 3.63) is 65.8 Å². The van der Waals surface area contributed by atoms with E-state index in [1.807, 2.05) is 35.8 Å². The molecule has 6 aromatic rings. The van der Waals surface area contributed by atoms with Gasteiger partial charge in [0.2, 0.25) is 0 Å². The number of H-pyrrole nitrogens is 2. The molecule has 0 spiro atoms. The molecule has 7 heterocycles. The third-order valence-electron chi connectivity index (χ3n) is 6.87. The number of thiophene rings is 1. The Morgan fingerprint density at radius 3 is 2.81 bits per heavy atom. The van der Waals surface area contributed by atoms with Crippen molar-refractivity contribution in [2.45, 2.75) is 25.8 Å². The molecule has 1 saturated heterocycles. The van der Waals surface area contributed by atoms with Crippen LogP contribution in [0.4, 0.5) is 4.39 Å². The molecule has 0 amide bonds. The predicted molar refractivity (Wildman–Crippen MR) is 142 cm³/mol. The number of imidazole rings is 1. The van der Waals surface area contributed by atoms with Crippen LogP contribution in [0.25, 0.3) is 55.3 Å². The molecule has 1 aliphatic rings. The minimum Gasteiger partial charge on any atom is -0.336 e. The number of aromatic nitrogens is 7. The van der Waals surface area contributed by atoms with Crippen molar-refractivity contribution in [1.29, 1.82) is 0 Å². The highest BCUT2D eigenvalue weighted by atomic mass is 32.1. The quantitative estimate of drug-likeness (QED) is 0.304. The Bertz CT molecular complexity index is 1720. The molecule has 8 nitrogen and oxygen atoms in total. The molecule has 184 valence electrons. The summed E-state index contributed by atoms with van der Waals surface area (Å²) in [5.74, 6) is 0.0598. The first-order chi connectivity index (χ1) is 18.2. The van der Waals surface area contributed by atoms with Gasteiger partial charge in [-0.05, 0) is 55.1 Å². The number of hydrogen-bond donors (Lipinski definition) is 2. The third kappa shape index (κ3) is 3.98. The molecular weight excluding hydrogens is 487 g/mol. The monoisotopic (exact) mass is 510 g/mol. The van der Waals surface area contributed by atoms with Gasteiger partial charge in [0.15, 0.2) is 11.5 Å². The lowest BCUT2D eigenvalue weighted by Gasteiger charge is -2.26. The number of pyridine rings is 3. The summed E-state index contributed by atoms with van der Waals surface area (Å²) < 4.78 is 16.1.